The zero-order chi connectivity index (χ0) is 13.6. The number of methoxy groups -OCH3 is 1. The van der Waals surface area contributed by atoms with Gasteiger partial charge in [0.1, 0.15) is 5.54 Å². The van der Waals surface area contributed by atoms with Crippen molar-refractivity contribution in [3.63, 3.8) is 0 Å². The first-order valence-corrected chi connectivity index (χ1v) is 6.00. The van der Waals surface area contributed by atoms with Gasteiger partial charge in [-0.05, 0) is 19.9 Å². The van der Waals surface area contributed by atoms with Crippen LogP contribution in [-0.4, -0.2) is 61.2 Å². The smallest absolute Gasteiger partial charge is 0.223 e. The third kappa shape index (κ3) is 3.58. The van der Waals surface area contributed by atoms with Gasteiger partial charge in [-0.1, -0.05) is 5.16 Å². The van der Waals surface area contributed by atoms with Crippen LogP contribution < -0.4 is 11.1 Å². The minimum atomic E-state index is -0.730. The number of amidine groups is 1. The fourth-order valence-corrected chi connectivity index (χ4v) is 2.07. The van der Waals surface area contributed by atoms with Gasteiger partial charge in [-0.15, -0.1) is 0 Å². The highest BCUT2D eigenvalue weighted by Crippen LogP contribution is 2.22. The number of rotatable bonds is 5. The number of hydrogen-bond donors (Lipinski definition) is 3. The van der Waals surface area contributed by atoms with Gasteiger partial charge in [-0.2, -0.15) is 0 Å². The molecular weight excluding hydrogens is 236 g/mol. The van der Waals surface area contributed by atoms with E-state index in [1.165, 1.54) is 0 Å². The first-order valence-electron chi connectivity index (χ1n) is 6.00. The molecule has 7 nitrogen and oxygen atoms in total. The lowest BCUT2D eigenvalue weighted by atomic mass is 9.86. The molecular formula is C11H22N4O3. The van der Waals surface area contributed by atoms with Crippen LogP contribution in [0, 0.1) is 0 Å². The van der Waals surface area contributed by atoms with Crippen LogP contribution in [0.3, 0.4) is 0 Å². The van der Waals surface area contributed by atoms with Gasteiger partial charge in [0, 0.05) is 26.6 Å². The van der Waals surface area contributed by atoms with Crippen LogP contribution >= 0.6 is 0 Å². The van der Waals surface area contributed by atoms with Crippen LogP contribution in [0.25, 0.3) is 0 Å². The maximum absolute atomic E-state index is 11.8. The normalized spacial score (nSPS) is 20.7. The maximum Gasteiger partial charge on any atom is 0.223 e. The highest BCUT2D eigenvalue weighted by molar-refractivity contribution is 5.94. The minimum Gasteiger partial charge on any atom is -0.409 e. The third-order valence-corrected chi connectivity index (χ3v) is 3.35. The van der Waals surface area contributed by atoms with Crippen molar-refractivity contribution in [3.05, 3.63) is 0 Å². The summed E-state index contributed by atoms with van der Waals surface area (Å²) in [4.78, 5) is 13.9. The second-order valence-electron chi connectivity index (χ2n) is 4.66. The molecule has 104 valence electrons. The van der Waals surface area contributed by atoms with E-state index < -0.39 is 5.54 Å². The molecule has 1 saturated heterocycles. The van der Waals surface area contributed by atoms with E-state index in [0.717, 1.165) is 13.1 Å². The highest BCUT2D eigenvalue weighted by Gasteiger charge is 2.39. The van der Waals surface area contributed by atoms with Crippen molar-refractivity contribution < 1.29 is 14.7 Å². The van der Waals surface area contributed by atoms with Gasteiger partial charge in [0.2, 0.25) is 5.91 Å². The molecule has 1 fully saturated rings. The third-order valence-electron chi connectivity index (χ3n) is 3.35. The van der Waals surface area contributed by atoms with Crippen LogP contribution in [0.1, 0.15) is 19.3 Å². The summed E-state index contributed by atoms with van der Waals surface area (Å²) in [6, 6.07) is 0. The molecule has 0 spiro atoms. The van der Waals surface area contributed by atoms with Gasteiger partial charge in [-0.25, -0.2) is 0 Å². The lowest BCUT2D eigenvalue weighted by molar-refractivity contribution is -0.123. The Hall–Kier alpha value is -1.34. The summed E-state index contributed by atoms with van der Waals surface area (Å²) in [6.45, 7) is 1.94. The van der Waals surface area contributed by atoms with E-state index in [4.69, 9.17) is 15.7 Å². The van der Waals surface area contributed by atoms with Crippen LogP contribution in [-0.2, 0) is 9.53 Å². The van der Waals surface area contributed by atoms with E-state index in [0.29, 0.717) is 19.4 Å². The largest absolute Gasteiger partial charge is 0.409 e. The summed E-state index contributed by atoms with van der Waals surface area (Å²) in [6.07, 6.45) is 1.54. The Bertz CT molecular complexity index is 311. The van der Waals surface area contributed by atoms with Crippen molar-refractivity contribution in [3.8, 4) is 0 Å². The van der Waals surface area contributed by atoms with Gasteiger partial charge in [0.25, 0.3) is 0 Å². The van der Waals surface area contributed by atoms with Crippen LogP contribution in [0.15, 0.2) is 5.16 Å². The average Bonchev–Trinajstić information content (AvgIpc) is 2.38. The molecule has 0 aromatic carbocycles. The Morgan fingerprint density at radius 1 is 1.56 bits per heavy atom. The maximum atomic E-state index is 11.8. The molecule has 0 saturated carbocycles. The fourth-order valence-electron chi connectivity index (χ4n) is 2.07. The molecule has 1 aliphatic heterocycles. The Balaban J connectivity index is 2.70. The van der Waals surface area contributed by atoms with Crippen molar-refractivity contribution in [2.75, 3.05) is 33.9 Å². The first-order chi connectivity index (χ1) is 8.54. The fraction of sp³-hybridized carbons (Fsp3) is 0.818. The van der Waals surface area contributed by atoms with E-state index in [2.05, 4.69) is 15.4 Å². The molecule has 1 heterocycles. The Labute approximate surface area is 107 Å². The number of nitrogens with zero attached hydrogens (tertiary/aromatic N) is 2. The first kappa shape index (κ1) is 14.7. The lowest BCUT2D eigenvalue weighted by Crippen LogP contribution is -2.62. The molecule has 4 N–H and O–H groups in total. The molecule has 1 aliphatic rings. The summed E-state index contributed by atoms with van der Waals surface area (Å²) in [5.74, 6) is -0.0747. The zero-order valence-electron chi connectivity index (χ0n) is 11.0. The number of likely N-dealkylation sites (tertiary alicyclic amines) is 1. The Morgan fingerprint density at radius 3 is 2.67 bits per heavy atom. The number of oxime groups is 1. The Morgan fingerprint density at radius 2 is 2.17 bits per heavy atom. The molecule has 0 atom stereocenters. The van der Waals surface area contributed by atoms with Crippen molar-refractivity contribution >= 4 is 11.7 Å². The van der Waals surface area contributed by atoms with Gasteiger partial charge in [0.05, 0.1) is 6.61 Å². The second kappa shape index (κ2) is 6.55. The molecule has 0 aliphatic carbocycles. The summed E-state index contributed by atoms with van der Waals surface area (Å²) in [5.41, 5.74) is 5.01. The summed E-state index contributed by atoms with van der Waals surface area (Å²) in [7, 11) is 3.55. The summed E-state index contributed by atoms with van der Waals surface area (Å²) in [5, 5.41) is 14.8. The second-order valence-corrected chi connectivity index (χ2v) is 4.66. The molecule has 0 aromatic heterocycles. The number of hydrogen-bond acceptors (Lipinski definition) is 5. The summed E-state index contributed by atoms with van der Waals surface area (Å²) >= 11 is 0. The van der Waals surface area contributed by atoms with Crippen molar-refractivity contribution in [1.82, 2.24) is 10.2 Å². The predicted octanol–water partition coefficient (Wildman–Crippen LogP) is -0.650. The molecule has 18 heavy (non-hydrogen) atoms. The molecule has 1 amide bonds. The number of carbonyl (C=O) groups excluding carboxylic acids is 1. The summed E-state index contributed by atoms with van der Waals surface area (Å²) < 4.78 is 4.86. The molecule has 7 heteroatoms. The molecule has 1 rings (SSSR count). The van der Waals surface area contributed by atoms with E-state index >= 15 is 0 Å². The Kier molecular flexibility index (Phi) is 5.36. The number of amides is 1. The molecule has 0 radical (unpaired) electrons. The lowest BCUT2D eigenvalue weighted by Gasteiger charge is -2.40. The highest BCUT2D eigenvalue weighted by atomic mass is 16.5. The van der Waals surface area contributed by atoms with Crippen LogP contribution in [0.4, 0.5) is 0 Å². The number of carbonyl (C=O) groups is 1. The minimum absolute atomic E-state index is 0.0707. The zero-order valence-corrected chi connectivity index (χ0v) is 11.0. The van der Waals surface area contributed by atoms with Crippen molar-refractivity contribution in [2.45, 2.75) is 24.8 Å². The quantitative estimate of drug-likeness (QED) is 0.263. The van der Waals surface area contributed by atoms with E-state index in [1.807, 2.05) is 7.05 Å². The van der Waals surface area contributed by atoms with Crippen LogP contribution in [0.2, 0.25) is 0 Å². The standard InChI is InChI=1S/C11H22N4O3/c1-15-6-4-11(5-7-15,10(12)14-17)13-9(16)3-8-18-2/h17H,3-8H2,1-2H3,(H2,12,14)(H,13,16). The topological polar surface area (TPSA) is 100 Å². The number of ether oxygens (including phenoxy) is 1. The molecule has 0 aromatic rings. The van der Waals surface area contributed by atoms with Crippen molar-refractivity contribution in [2.24, 2.45) is 10.9 Å². The SMILES string of the molecule is COCCC(=O)NC1(/C(N)=N/O)CCN(C)CC1. The van der Waals surface area contributed by atoms with Gasteiger partial charge in [0.15, 0.2) is 5.84 Å². The molecule has 0 unspecified atom stereocenters. The number of nitrogens with one attached hydrogen (secondary N) is 1. The number of nitrogens with two attached hydrogens (primary N) is 1. The van der Waals surface area contributed by atoms with Crippen LogP contribution in [0.5, 0.6) is 0 Å². The molecule has 0 bridgehead atoms. The monoisotopic (exact) mass is 258 g/mol. The average molecular weight is 258 g/mol. The van der Waals surface area contributed by atoms with E-state index in [-0.39, 0.29) is 18.2 Å². The van der Waals surface area contributed by atoms with Gasteiger partial charge in [-0.3, -0.25) is 4.79 Å². The van der Waals surface area contributed by atoms with Crippen molar-refractivity contribution in [1.29, 1.82) is 0 Å². The predicted molar refractivity (Wildman–Crippen MR) is 67.5 cm³/mol. The van der Waals surface area contributed by atoms with Gasteiger partial charge >= 0.3 is 0 Å². The number of piperidine rings is 1. The van der Waals surface area contributed by atoms with Gasteiger partial charge < -0.3 is 25.9 Å². The van der Waals surface area contributed by atoms with E-state index in [9.17, 15) is 4.79 Å². The van der Waals surface area contributed by atoms with E-state index in [1.54, 1.807) is 7.11 Å².